The van der Waals surface area contributed by atoms with Gasteiger partial charge in [-0.2, -0.15) is 0 Å². The van der Waals surface area contributed by atoms with E-state index in [1.54, 1.807) is 17.0 Å². The quantitative estimate of drug-likeness (QED) is 0.267. The third-order valence-corrected chi connectivity index (χ3v) is 7.11. The lowest BCUT2D eigenvalue weighted by molar-refractivity contribution is -0.123. The first-order valence-corrected chi connectivity index (χ1v) is 11.4. The molecular weight excluding hydrogens is 445 g/mol. The van der Waals surface area contributed by atoms with Crippen molar-refractivity contribution in [3.05, 3.63) is 75.9 Å². The number of nitrogens with zero attached hydrogens (tertiary/aromatic N) is 3. The number of hydrogen-bond acceptors (Lipinski definition) is 5. The van der Waals surface area contributed by atoms with Gasteiger partial charge in [0.15, 0.2) is 5.13 Å². The van der Waals surface area contributed by atoms with Crippen molar-refractivity contribution in [3.63, 3.8) is 0 Å². The number of benzene rings is 2. The lowest BCUT2D eigenvalue weighted by Gasteiger charge is -2.42. The Bertz CT molecular complexity index is 1170. The molecule has 2 atom stereocenters. The second kappa shape index (κ2) is 7.54. The highest BCUT2D eigenvalue weighted by molar-refractivity contribution is 7.16. The fourth-order valence-electron chi connectivity index (χ4n) is 3.25. The summed E-state index contributed by atoms with van der Waals surface area (Å²) in [5.41, 5.74) is 3.68. The van der Waals surface area contributed by atoms with Gasteiger partial charge in [-0.1, -0.05) is 54.1 Å². The molecule has 1 aliphatic heterocycles. The molecule has 4 aromatic rings. The largest absolute Gasteiger partial charge is 0.277 e. The Kier molecular flexibility index (Phi) is 4.87. The van der Waals surface area contributed by atoms with Gasteiger partial charge in [-0.3, -0.25) is 9.69 Å². The van der Waals surface area contributed by atoms with Gasteiger partial charge in [-0.25, -0.2) is 9.97 Å². The number of thiazole rings is 2. The number of halogens is 2. The predicted molar refractivity (Wildman–Crippen MR) is 120 cm³/mol. The summed E-state index contributed by atoms with van der Waals surface area (Å²) in [6.45, 7) is 0. The van der Waals surface area contributed by atoms with Crippen LogP contribution < -0.4 is 4.90 Å². The standard InChI is InChI=1S/C21H13Cl2N3OS2/c22-14-8-6-13(7-9-14)18-17(23)20(27)26(18)21-25-16(11-29-21)19-24-15(10-28-19)12-4-2-1-3-5-12/h1-11,17-18H. The highest BCUT2D eigenvalue weighted by Crippen LogP contribution is 2.44. The summed E-state index contributed by atoms with van der Waals surface area (Å²) in [4.78, 5) is 23.5. The first-order chi connectivity index (χ1) is 14.1. The zero-order valence-electron chi connectivity index (χ0n) is 14.8. The SMILES string of the molecule is O=C1C(Cl)C(c2ccc(Cl)cc2)N1c1nc(-c2nc(-c3ccccc3)cs2)cs1. The summed E-state index contributed by atoms with van der Waals surface area (Å²) in [6, 6.07) is 17.2. The van der Waals surface area contributed by atoms with Crippen molar-refractivity contribution in [3.8, 4) is 22.0 Å². The number of aromatic nitrogens is 2. The highest BCUT2D eigenvalue weighted by atomic mass is 35.5. The number of alkyl halides is 1. The molecule has 0 spiro atoms. The van der Waals surface area contributed by atoms with E-state index in [1.807, 2.05) is 53.2 Å². The van der Waals surface area contributed by atoms with E-state index in [1.165, 1.54) is 22.7 Å². The fraction of sp³-hybridized carbons (Fsp3) is 0.0952. The van der Waals surface area contributed by atoms with Crippen molar-refractivity contribution in [1.82, 2.24) is 9.97 Å². The number of β-lactam (4-membered cyclic amide) rings is 1. The van der Waals surface area contributed by atoms with Crippen LogP contribution in [0.15, 0.2) is 65.4 Å². The van der Waals surface area contributed by atoms with Crippen LogP contribution in [0.3, 0.4) is 0 Å². The first-order valence-electron chi connectivity index (χ1n) is 8.81. The molecule has 0 radical (unpaired) electrons. The van der Waals surface area contributed by atoms with E-state index in [0.29, 0.717) is 10.2 Å². The van der Waals surface area contributed by atoms with Crippen LogP contribution in [-0.2, 0) is 4.79 Å². The Hall–Kier alpha value is -2.25. The maximum Gasteiger partial charge on any atom is 0.249 e. The Morgan fingerprint density at radius 1 is 0.897 bits per heavy atom. The molecular formula is C21H13Cl2N3OS2. The van der Waals surface area contributed by atoms with Crippen LogP contribution in [0.1, 0.15) is 11.6 Å². The topological polar surface area (TPSA) is 46.1 Å². The molecule has 2 unspecified atom stereocenters. The van der Waals surface area contributed by atoms with Crippen LogP contribution in [-0.4, -0.2) is 21.3 Å². The maximum absolute atomic E-state index is 12.5. The zero-order chi connectivity index (χ0) is 20.0. The smallest absolute Gasteiger partial charge is 0.249 e. The summed E-state index contributed by atoms with van der Waals surface area (Å²) in [5, 5.41) is 5.43. The molecule has 4 nitrogen and oxygen atoms in total. The summed E-state index contributed by atoms with van der Waals surface area (Å²) in [6.07, 6.45) is 0. The van der Waals surface area contributed by atoms with Crippen molar-refractivity contribution < 1.29 is 4.79 Å². The molecule has 0 bridgehead atoms. The minimum Gasteiger partial charge on any atom is -0.277 e. The van der Waals surface area contributed by atoms with E-state index in [9.17, 15) is 4.79 Å². The van der Waals surface area contributed by atoms with Crippen LogP contribution in [0.4, 0.5) is 5.13 Å². The molecule has 1 aliphatic rings. The van der Waals surface area contributed by atoms with Crippen LogP contribution >= 0.6 is 45.9 Å². The minimum atomic E-state index is -0.604. The molecule has 3 heterocycles. The molecule has 2 aromatic heterocycles. The summed E-state index contributed by atoms with van der Waals surface area (Å²) in [5.74, 6) is -0.142. The Morgan fingerprint density at radius 2 is 1.62 bits per heavy atom. The van der Waals surface area contributed by atoms with Crippen LogP contribution in [0, 0.1) is 0 Å². The van der Waals surface area contributed by atoms with E-state index in [0.717, 1.165) is 27.5 Å². The third kappa shape index (κ3) is 3.36. The molecule has 1 fully saturated rings. The molecule has 144 valence electrons. The summed E-state index contributed by atoms with van der Waals surface area (Å²) >= 11 is 15.3. The molecule has 0 N–H and O–H groups in total. The normalized spacial score (nSPS) is 18.7. The molecule has 0 aliphatic carbocycles. The van der Waals surface area contributed by atoms with E-state index >= 15 is 0 Å². The van der Waals surface area contributed by atoms with E-state index in [2.05, 4.69) is 4.98 Å². The maximum atomic E-state index is 12.5. The van der Waals surface area contributed by atoms with Gasteiger partial charge in [0.25, 0.3) is 0 Å². The number of anilines is 1. The monoisotopic (exact) mass is 457 g/mol. The molecule has 2 aromatic carbocycles. The molecule has 5 rings (SSSR count). The third-order valence-electron chi connectivity index (χ3n) is 4.73. The van der Waals surface area contributed by atoms with Gasteiger partial charge >= 0.3 is 0 Å². The summed E-state index contributed by atoms with van der Waals surface area (Å²) in [7, 11) is 0. The van der Waals surface area contributed by atoms with Crippen molar-refractivity contribution in [2.45, 2.75) is 11.4 Å². The number of amides is 1. The molecule has 8 heteroatoms. The van der Waals surface area contributed by atoms with Crippen molar-refractivity contribution in [2.75, 3.05) is 4.90 Å². The van der Waals surface area contributed by atoms with Gasteiger partial charge in [-0.05, 0) is 17.7 Å². The summed E-state index contributed by atoms with van der Waals surface area (Å²) < 4.78 is 0. The number of hydrogen-bond donors (Lipinski definition) is 0. The first kappa shape index (κ1) is 18.8. The fourth-order valence-corrected chi connectivity index (χ4v) is 5.45. The van der Waals surface area contributed by atoms with Gasteiger partial charge in [0, 0.05) is 21.3 Å². The molecule has 0 saturated carbocycles. The van der Waals surface area contributed by atoms with Gasteiger partial charge < -0.3 is 0 Å². The Balaban J connectivity index is 1.43. The lowest BCUT2D eigenvalue weighted by Crippen LogP contribution is -2.56. The molecule has 29 heavy (non-hydrogen) atoms. The van der Waals surface area contributed by atoms with Crippen molar-refractivity contribution in [2.24, 2.45) is 0 Å². The van der Waals surface area contributed by atoms with Gasteiger partial charge in [-0.15, -0.1) is 34.3 Å². The number of carbonyl (C=O) groups excluding carboxylic acids is 1. The second-order valence-electron chi connectivity index (χ2n) is 6.53. The van der Waals surface area contributed by atoms with Crippen LogP contribution in [0.2, 0.25) is 5.02 Å². The Labute approximate surface area is 185 Å². The second-order valence-corrected chi connectivity index (χ2v) is 9.13. The van der Waals surface area contributed by atoms with Gasteiger partial charge in [0.05, 0.1) is 11.7 Å². The van der Waals surface area contributed by atoms with Crippen LogP contribution in [0.25, 0.3) is 22.0 Å². The minimum absolute atomic E-state index is 0.142. The van der Waals surface area contributed by atoms with E-state index < -0.39 is 5.38 Å². The zero-order valence-corrected chi connectivity index (χ0v) is 18.0. The molecule has 1 amide bonds. The number of carbonyl (C=O) groups is 1. The van der Waals surface area contributed by atoms with E-state index in [-0.39, 0.29) is 11.9 Å². The van der Waals surface area contributed by atoms with Crippen LogP contribution in [0.5, 0.6) is 0 Å². The Morgan fingerprint density at radius 3 is 2.38 bits per heavy atom. The average molecular weight is 458 g/mol. The van der Waals surface area contributed by atoms with Gasteiger partial charge in [0.1, 0.15) is 16.1 Å². The average Bonchev–Trinajstić information content (AvgIpc) is 3.42. The lowest BCUT2D eigenvalue weighted by atomic mass is 9.94. The van der Waals surface area contributed by atoms with E-state index in [4.69, 9.17) is 28.2 Å². The van der Waals surface area contributed by atoms with Crippen molar-refractivity contribution in [1.29, 1.82) is 0 Å². The van der Waals surface area contributed by atoms with Gasteiger partial charge in [0.2, 0.25) is 5.91 Å². The predicted octanol–water partition coefficient (Wildman–Crippen LogP) is 6.28. The van der Waals surface area contributed by atoms with Crippen molar-refractivity contribution >= 4 is 56.9 Å². The number of rotatable bonds is 4. The molecule has 1 saturated heterocycles. The highest BCUT2D eigenvalue weighted by Gasteiger charge is 2.49.